The van der Waals surface area contributed by atoms with E-state index in [1.165, 1.54) is 0 Å². The first-order chi connectivity index (χ1) is 12.1. The second kappa shape index (κ2) is 8.03. The van der Waals surface area contributed by atoms with E-state index in [9.17, 15) is 9.59 Å². The van der Waals surface area contributed by atoms with Crippen molar-refractivity contribution in [2.75, 3.05) is 37.6 Å². The fourth-order valence-electron chi connectivity index (χ4n) is 2.85. The maximum Gasteiger partial charge on any atom is 0.251 e. The fraction of sp³-hybridized carbons (Fsp3) is 0.263. The highest BCUT2D eigenvalue weighted by atomic mass is 35.5. The zero-order valence-corrected chi connectivity index (χ0v) is 14.6. The predicted octanol–water partition coefficient (Wildman–Crippen LogP) is 2.42. The van der Waals surface area contributed by atoms with Gasteiger partial charge in [0.15, 0.2) is 0 Å². The van der Waals surface area contributed by atoms with Crippen LogP contribution in [0, 0.1) is 0 Å². The Labute approximate surface area is 152 Å². The van der Waals surface area contributed by atoms with Crippen LogP contribution in [0.15, 0.2) is 54.6 Å². The molecule has 5 nitrogen and oxygen atoms in total. The minimum absolute atomic E-state index is 0.0187. The zero-order valence-electron chi connectivity index (χ0n) is 13.8. The van der Waals surface area contributed by atoms with Gasteiger partial charge in [-0.25, -0.2) is 0 Å². The number of halogens is 1. The molecule has 0 unspecified atom stereocenters. The van der Waals surface area contributed by atoms with Gasteiger partial charge in [-0.1, -0.05) is 35.9 Å². The first-order valence-electron chi connectivity index (χ1n) is 8.25. The molecule has 2 aromatic carbocycles. The third kappa shape index (κ3) is 4.51. The van der Waals surface area contributed by atoms with Crippen LogP contribution in [-0.2, 0) is 4.79 Å². The Morgan fingerprint density at radius 1 is 0.960 bits per heavy atom. The molecule has 6 heteroatoms. The summed E-state index contributed by atoms with van der Waals surface area (Å²) in [7, 11) is 0. The Balaban J connectivity index is 1.48. The van der Waals surface area contributed by atoms with E-state index in [1.807, 2.05) is 30.3 Å². The summed E-state index contributed by atoms with van der Waals surface area (Å²) in [5, 5.41) is 3.39. The highest BCUT2D eigenvalue weighted by Crippen LogP contribution is 2.20. The minimum Gasteiger partial charge on any atom is -0.368 e. The fourth-order valence-corrected chi connectivity index (χ4v) is 3.03. The van der Waals surface area contributed by atoms with Gasteiger partial charge in [-0.2, -0.15) is 0 Å². The van der Waals surface area contributed by atoms with Gasteiger partial charge >= 0.3 is 0 Å². The normalized spacial score (nSPS) is 14.3. The van der Waals surface area contributed by atoms with E-state index in [1.54, 1.807) is 29.2 Å². The zero-order chi connectivity index (χ0) is 17.6. The number of hydrogen-bond donors (Lipinski definition) is 1. The molecule has 0 radical (unpaired) electrons. The van der Waals surface area contributed by atoms with Crippen molar-refractivity contribution in [1.82, 2.24) is 10.2 Å². The maximum absolute atomic E-state index is 12.3. The van der Waals surface area contributed by atoms with E-state index in [0.717, 1.165) is 18.8 Å². The van der Waals surface area contributed by atoms with E-state index in [-0.39, 0.29) is 18.4 Å². The lowest BCUT2D eigenvalue weighted by Crippen LogP contribution is -2.51. The lowest BCUT2D eigenvalue weighted by Gasteiger charge is -2.36. The number of benzene rings is 2. The number of nitrogens with one attached hydrogen (secondary N) is 1. The summed E-state index contributed by atoms with van der Waals surface area (Å²) in [5.41, 5.74) is 1.62. The van der Waals surface area contributed by atoms with Crippen LogP contribution in [0.2, 0.25) is 5.02 Å². The topological polar surface area (TPSA) is 52.7 Å². The number of hydrogen-bond acceptors (Lipinski definition) is 3. The van der Waals surface area contributed by atoms with Crippen molar-refractivity contribution in [3.8, 4) is 0 Å². The Kier molecular flexibility index (Phi) is 5.56. The summed E-state index contributed by atoms with van der Waals surface area (Å²) in [4.78, 5) is 28.3. The summed E-state index contributed by atoms with van der Waals surface area (Å²) >= 11 is 6.03. The molecule has 0 bridgehead atoms. The highest BCUT2D eigenvalue weighted by molar-refractivity contribution is 6.30. The van der Waals surface area contributed by atoms with Crippen LogP contribution in [0.25, 0.3) is 0 Å². The van der Waals surface area contributed by atoms with Gasteiger partial charge in [-0.15, -0.1) is 0 Å². The molecule has 3 rings (SSSR count). The standard InChI is InChI=1S/C19H20ClN3O2/c20-16-7-4-8-17(13-16)22-9-11-23(12-10-22)18(24)14-21-19(25)15-5-2-1-3-6-15/h1-8,13H,9-12,14H2,(H,21,25). The number of anilines is 1. The van der Waals surface area contributed by atoms with Gasteiger partial charge in [0.2, 0.25) is 5.91 Å². The van der Waals surface area contributed by atoms with E-state index in [0.29, 0.717) is 23.7 Å². The number of amides is 2. The van der Waals surface area contributed by atoms with Gasteiger partial charge < -0.3 is 15.1 Å². The molecule has 0 aromatic heterocycles. The van der Waals surface area contributed by atoms with Crippen molar-refractivity contribution in [3.05, 3.63) is 65.2 Å². The van der Waals surface area contributed by atoms with E-state index >= 15 is 0 Å². The van der Waals surface area contributed by atoms with Crippen molar-refractivity contribution in [2.45, 2.75) is 0 Å². The molecule has 1 N–H and O–H groups in total. The van der Waals surface area contributed by atoms with E-state index in [2.05, 4.69) is 10.2 Å². The molecule has 1 aliphatic heterocycles. The number of carbonyl (C=O) groups excluding carboxylic acids is 2. The first-order valence-corrected chi connectivity index (χ1v) is 8.63. The third-order valence-electron chi connectivity index (χ3n) is 4.24. The molecule has 130 valence electrons. The summed E-state index contributed by atoms with van der Waals surface area (Å²) < 4.78 is 0. The van der Waals surface area contributed by atoms with E-state index in [4.69, 9.17) is 11.6 Å². The Bertz CT molecular complexity index is 743. The lowest BCUT2D eigenvalue weighted by atomic mass is 10.2. The maximum atomic E-state index is 12.3. The molecule has 0 spiro atoms. The molecule has 1 heterocycles. The summed E-state index contributed by atoms with van der Waals surface area (Å²) in [5.74, 6) is -0.290. The largest absolute Gasteiger partial charge is 0.368 e. The minimum atomic E-state index is -0.230. The molecule has 1 aliphatic rings. The molecule has 2 amide bonds. The van der Waals surface area contributed by atoms with Crippen LogP contribution >= 0.6 is 11.6 Å². The summed E-state index contributed by atoms with van der Waals surface area (Å²) in [6.45, 7) is 2.78. The smallest absolute Gasteiger partial charge is 0.251 e. The Morgan fingerprint density at radius 2 is 1.68 bits per heavy atom. The van der Waals surface area contributed by atoms with Crippen LogP contribution in [0.5, 0.6) is 0 Å². The first kappa shape index (κ1) is 17.3. The van der Waals surface area contributed by atoms with Crippen LogP contribution < -0.4 is 10.2 Å². The average molecular weight is 358 g/mol. The van der Waals surface area contributed by atoms with Crippen LogP contribution in [-0.4, -0.2) is 49.4 Å². The average Bonchev–Trinajstić information content (AvgIpc) is 2.66. The van der Waals surface area contributed by atoms with Gasteiger partial charge in [0.05, 0.1) is 6.54 Å². The third-order valence-corrected chi connectivity index (χ3v) is 4.48. The van der Waals surface area contributed by atoms with Gasteiger partial charge in [-0.3, -0.25) is 9.59 Å². The molecule has 2 aromatic rings. The summed E-state index contributed by atoms with van der Waals surface area (Å²) in [6.07, 6.45) is 0. The number of carbonyl (C=O) groups is 2. The second-order valence-electron chi connectivity index (χ2n) is 5.90. The van der Waals surface area contributed by atoms with Crippen molar-refractivity contribution in [2.24, 2.45) is 0 Å². The van der Waals surface area contributed by atoms with Crippen molar-refractivity contribution >= 4 is 29.1 Å². The van der Waals surface area contributed by atoms with Crippen molar-refractivity contribution in [3.63, 3.8) is 0 Å². The number of rotatable bonds is 4. The Morgan fingerprint density at radius 3 is 2.36 bits per heavy atom. The second-order valence-corrected chi connectivity index (χ2v) is 6.33. The van der Waals surface area contributed by atoms with Crippen molar-refractivity contribution < 1.29 is 9.59 Å². The molecular formula is C19H20ClN3O2. The van der Waals surface area contributed by atoms with Crippen LogP contribution in [0.4, 0.5) is 5.69 Å². The molecule has 1 fully saturated rings. The molecule has 0 aliphatic carbocycles. The molecule has 0 atom stereocenters. The van der Waals surface area contributed by atoms with Gasteiger partial charge in [-0.05, 0) is 30.3 Å². The molecular weight excluding hydrogens is 338 g/mol. The summed E-state index contributed by atoms with van der Waals surface area (Å²) in [6, 6.07) is 16.6. The van der Waals surface area contributed by atoms with Crippen molar-refractivity contribution in [1.29, 1.82) is 0 Å². The van der Waals surface area contributed by atoms with Gasteiger partial charge in [0, 0.05) is 42.5 Å². The molecule has 1 saturated heterocycles. The predicted molar refractivity (Wildman–Crippen MR) is 99.0 cm³/mol. The monoisotopic (exact) mass is 357 g/mol. The highest BCUT2D eigenvalue weighted by Gasteiger charge is 2.21. The SMILES string of the molecule is O=C(NCC(=O)N1CCN(c2cccc(Cl)c2)CC1)c1ccccc1. The lowest BCUT2D eigenvalue weighted by molar-refractivity contribution is -0.130. The quantitative estimate of drug-likeness (QED) is 0.914. The molecule has 25 heavy (non-hydrogen) atoms. The van der Waals surface area contributed by atoms with Crippen LogP contribution in [0.3, 0.4) is 0 Å². The Hall–Kier alpha value is -2.53. The number of piperazine rings is 1. The van der Waals surface area contributed by atoms with Gasteiger partial charge in [0.25, 0.3) is 5.91 Å². The van der Waals surface area contributed by atoms with E-state index < -0.39 is 0 Å². The number of nitrogens with zero attached hydrogens (tertiary/aromatic N) is 2. The van der Waals surface area contributed by atoms with Crippen LogP contribution in [0.1, 0.15) is 10.4 Å². The van der Waals surface area contributed by atoms with Gasteiger partial charge in [0.1, 0.15) is 0 Å². The molecule has 0 saturated carbocycles.